The molecule has 0 atom stereocenters. The van der Waals surface area contributed by atoms with Crippen LogP contribution in [0, 0.1) is 5.41 Å². The van der Waals surface area contributed by atoms with Crippen molar-refractivity contribution in [3.05, 3.63) is 40.4 Å². The van der Waals surface area contributed by atoms with Crippen molar-refractivity contribution in [1.29, 1.82) is 0 Å². The zero-order chi connectivity index (χ0) is 11.5. The molecule has 1 rings (SSSR count). The molecule has 0 aliphatic rings. The van der Waals surface area contributed by atoms with Gasteiger partial charge in [0.15, 0.2) is 5.78 Å². The van der Waals surface area contributed by atoms with Crippen LogP contribution < -0.4 is 0 Å². The highest BCUT2D eigenvalue weighted by atomic mass is 79.9. The molecule has 0 amide bonds. The summed E-state index contributed by atoms with van der Waals surface area (Å²) in [4.78, 5) is 11.6. The Morgan fingerprint density at radius 3 is 2.20 bits per heavy atom. The zero-order valence-electron chi connectivity index (χ0n) is 9.25. The van der Waals surface area contributed by atoms with E-state index in [2.05, 4.69) is 15.9 Å². The summed E-state index contributed by atoms with van der Waals surface area (Å²) in [5.41, 5.74) is 0.738. The van der Waals surface area contributed by atoms with Crippen molar-refractivity contribution in [2.75, 3.05) is 0 Å². The van der Waals surface area contributed by atoms with Crippen LogP contribution in [0.3, 0.4) is 0 Å². The van der Waals surface area contributed by atoms with Gasteiger partial charge in [0.1, 0.15) is 0 Å². The lowest BCUT2D eigenvalue weighted by Crippen LogP contribution is -2.17. The topological polar surface area (TPSA) is 17.1 Å². The van der Waals surface area contributed by atoms with Crippen LogP contribution in [0.1, 0.15) is 26.3 Å². The molecule has 0 saturated heterocycles. The van der Waals surface area contributed by atoms with Crippen molar-refractivity contribution >= 4 is 27.8 Å². The normalized spacial score (nSPS) is 12.0. The Kier molecular flexibility index (Phi) is 3.86. The molecule has 0 radical (unpaired) electrons. The summed E-state index contributed by atoms with van der Waals surface area (Å²) in [6, 6.07) is 7.86. The first-order valence-electron chi connectivity index (χ1n) is 4.88. The number of hydrogen-bond donors (Lipinski definition) is 0. The lowest BCUT2D eigenvalue weighted by molar-refractivity contribution is -0.121. The molecule has 15 heavy (non-hydrogen) atoms. The van der Waals surface area contributed by atoms with E-state index in [9.17, 15) is 4.79 Å². The molecule has 0 spiro atoms. The van der Waals surface area contributed by atoms with Crippen molar-refractivity contribution in [3.8, 4) is 0 Å². The molecule has 0 aromatic heterocycles. The van der Waals surface area contributed by atoms with Crippen LogP contribution >= 0.6 is 15.9 Å². The highest BCUT2D eigenvalue weighted by Gasteiger charge is 2.17. The maximum atomic E-state index is 11.6. The summed E-state index contributed by atoms with van der Waals surface area (Å²) in [7, 11) is 0. The van der Waals surface area contributed by atoms with Crippen molar-refractivity contribution in [2.45, 2.75) is 20.8 Å². The predicted octanol–water partition coefficient (Wildman–Crippen LogP) is 4.08. The molecule has 1 aromatic rings. The molecule has 0 saturated carbocycles. The molecule has 0 fully saturated rings. The monoisotopic (exact) mass is 266 g/mol. The Morgan fingerprint density at radius 2 is 1.73 bits per heavy atom. The molecule has 80 valence electrons. The summed E-state index contributed by atoms with van der Waals surface area (Å²) >= 11 is 3.37. The van der Waals surface area contributed by atoms with Gasteiger partial charge < -0.3 is 0 Å². The number of carbonyl (C=O) groups excluding carboxylic acids is 1. The minimum absolute atomic E-state index is 0.144. The molecule has 1 aromatic carbocycles. The fourth-order valence-corrected chi connectivity index (χ4v) is 1.26. The maximum Gasteiger partial charge on any atom is 0.161 e. The van der Waals surface area contributed by atoms with E-state index in [1.54, 1.807) is 6.08 Å². The summed E-state index contributed by atoms with van der Waals surface area (Å²) in [6.45, 7) is 5.75. The van der Waals surface area contributed by atoms with E-state index in [4.69, 9.17) is 0 Å². The number of rotatable bonds is 2. The van der Waals surface area contributed by atoms with Gasteiger partial charge in [-0.25, -0.2) is 0 Å². The number of carbonyl (C=O) groups is 1. The number of halogens is 1. The second-order valence-corrected chi connectivity index (χ2v) is 5.41. The third-order valence-electron chi connectivity index (χ3n) is 2.04. The Bertz CT molecular complexity index is 369. The Labute approximate surface area is 99.3 Å². The molecule has 0 heterocycles. The van der Waals surface area contributed by atoms with Crippen molar-refractivity contribution in [1.82, 2.24) is 0 Å². The van der Waals surface area contributed by atoms with Gasteiger partial charge in [0, 0.05) is 9.89 Å². The van der Waals surface area contributed by atoms with Crippen molar-refractivity contribution < 1.29 is 4.79 Å². The van der Waals surface area contributed by atoms with Crippen LogP contribution in [0.4, 0.5) is 0 Å². The van der Waals surface area contributed by atoms with E-state index in [0.29, 0.717) is 0 Å². The van der Waals surface area contributed by atoms with Crippen molar-refractivity contribution in [2.24, 2.45) is 5.41 Å². The van der Waals surface area contributed by atoms with Gasteiger partial charge >= 0.3 is 0 Å². The first kappa shape index (κ1) is 12.2. The standard InChI is InChI=1S/C13H15BrO/c1-13(2,3)12(15)9-6-10-4-7-11(14)8-5-10/h4-9H,1-3H3/b9-6-. The number of hydrogen-bond acceptors (Lipinski definition) is 1. The lowest BCUT2D eigenvalue weighted by Gasteiger charge is -2.12. The average Bonchev–Trinajstić information content (AvgIpc) is 2.15. The number of ketones is 1. The third kappa shape index (κ3) is 4.00. The minimum Gasteiger partial charge on any atom is -0.294 e. The van der Waals surface area contributed by atoms with E-state index in [0.717, 1.165) is 10.0 Å². The molecule has 2 heteroatoms. The quantitative estimate of drug-likeness (QED) is 0.738. The summed E-state index contributed by atoms with van der Waals surface area (Å²) in [6.07, 6.45) is 3.49. The van der Waals surface area contributed by atoms with E-state index in [1.165, 1.54) is 0 Å². The SMILES string of the molecule is CC(C)(C)C(=O)/C=C\c1ccc(Br)cc1. The van der Waals surface area contributed by atoms with Crippen LogP contribution in [0.5, 0.6) is 0 Å². The van der Waals surface area contributed by atoms with Crippen LogP contribution in [0.15, 0.2) is 34.8 Å². The molecule has 0 unspecified atom stereocenters. The van der Waals surface area contributed by atoms with E-state index >= 15 is 0 Å². The van der Waals surface area contributed by atoms with Crippen molar-refractivity contribution in [3.63, 3.8) is 0 Å². The van der Waals surface area contributed by atoms with Crippen LogP contribution in [0.25, 0.3) is 6.08 Å². The molecule has 0 aliphatic heterocycles. The fraction of sp³-hybridized carbons (Fsp3) is 0.308. The van der Waals surface area contributed by atoms with Crippen LogP contribution in [-0.4, -0.2) is 5.78 Å². The molecule has 0 bridgehead atoms. The predicted molar refractivity (Wildman–Crippen MR) is 67.6 cm³/mol. The van der Waals surface area contributed by atoms with Gasteiger partial charge in [-0.3, -0.25) is 4.79 Å². The molecule has 1 nitrogen and oxygen atoms in total. The lowest BCUT2D eigenvalue weighted by atomic mass is 9.90. The average molecular weight is 267 g/mol. The maximum absolute atomic E-state index is 11.6. The third-order valence-corrected chi connectivity index (χ3v) is 2.57. The number of allylic oxidation sites excluding steroid dienone is 1. The zero-order valence-corrected chi connectivity index (χ0v) is 10.8. The Balaban J connectivity index is 2.74. The number of benzene rings is 1. The van der Waals surface area contributed by atoms with Gasteiger partial charge in [0.05, 0.1) is 0 Å². The van der Waals surface area contributed by atoms with Gasteiger partial charge in [-0.15, -0.1) is 0 Å². The van der Waals surface area contributed by atoms with E-state index < -0.39 is 0 Å². The van der Waals surface area contributed by atoms with Gasteiger partial charge in [-0.05, 0) is 23.8 Å². The molecular formula is C13H15BrO. The first-order valence-corrected chi connectivity index (χ1v) is 5.67. The Hall–Kier alpha value is -0.890. The molecule has 0 aliphatic carbocycles. The summed E-state index contributed by atoms with van der Waals surface area (Å²) in [5, 5.41) is 0. The van der Waals surface area contributed by atoms with Gasteiger partial charge in [-0.2, -0.15) is 0 Å². The van der Waals surface area contributed by atoms with E-state index in [-0.39, 0.29) is 11.2 Å². The molecule has 0 N–H and O–H groups in total. The first-order chi connectivity index (χ1) is 6.89. The van der Waals surface area contributed by atoms with Crippen LogP contribution in [0.2, 0.25) is 0 Å². The fourth-order valence-electron chi connectivity index (χ4n) is 0.996. The van der Waals surface area contributed by atoms with Gasteiger partial charge in [0.25, 0.3) is 0 Å². The second kappa shape index (κ2) is 4.75. The largest absolute Gasteiger partial charge is 0.294 e. The highest BCUT2D eigenvalue weighted by Crippen LogP contribution is 2.17. The minimum atomic E-state index is -0.300. The Morgan fingerprint density at radius 1 is 1.20 bits per heavy atom. The van der Waals surface area contributed by atoms with Crippen LogP contribution in [-0.2, 0) is 4.79 Å². The van der Waals surface area contributed by atoms with Gasteiger partial charge in [-0.1, -0.05) is 54.9 Å². The summed E-state index contributed by atoms with van der Waals surface area (Å²) in [5.74, 6) is 0.144. The molecular weight excluding hydrogens is 252 g/mol. The summed E-state index contributed by atoms with van der Waals surface area (Å²) < 4.78 is 1.04. The highest BCUT2D eigenvalue weighted by molar-refractivity contribution is 9.10. The van der Waals surface area contributed by atoms with Gasteiger partial charge in [0.2, 0.25) is 0 Å². The smallest absolute Gasteiger partial charge is 0.161 e. The van der Waals surface area contributed by atoms with E-state index in [1.807, 2.05) is 51.1 Å². The second-order valence-electron chi connectivity index (χ2n) is 4.50.